The highest BCUT2D eigenvalue weighted by Crippen LogP contribution is 2.29. The van der Waals surface area contributed by atoms with E-state index in [1.54, 1.807) is 30.1 Å². The molecule has 0 saturated carbocycles. The van der Waals surface area contributed by atoms with E-state index < -0.39 is 21.9 Å². The molecule has 1 atom stereocenters. The van der Waals surface area contributed by atoms with Crippen molar-refractivity contribution in [3.8, 4) is 5.75 Å². The van der Waals surface area contributed by atoms with E-state index in [0.29, 0.717) is 17.1 Å². The summed E-state index contributed by atoms with van der Waals surface area (Å²) in [6.07, 6.45) is 3.22. The average Bonchev–Trinajstić information content (AvgIpc) is 3.05. The van der Waals surface area contributed by atoms with Gasteiger partial charge in [-0.05, 0) is 35.9 Å². The fourth-order valence-corrected chi connectivity index (χ4v) is 4.18. The number of rotatable bonds is 6. The summed E-state index contributed by atoms with van der Waals surface area (Å²) >= 11 is 6.05. The molecule has 1 heterocycles. The molecular weight excluding hydrogens is 393 g/mol. The zero-order valence-corrected chi connectivity index (χ0v) is 16.1. The third-order valence-electron chi connectivity index (χ3n) is 4.01. The van der Waals surface area contributed by atoms with Crippen molar-refractivity contribution in [2.24, 2.45) is 7.05 Å². The van der Waals surface area contributed by atoms with Gasteiger partial charge in [0.2, 0.25) is 10.0 Å². The molecule has 0 fully saturated rings. The molecule has 0 spiro atoms. The maximum Gasteiger partial charge on any atom is 0.241 e. The molecule has 3 rings (SSSR count). The molecule has 0 aliphatic rings. The fourth-order valence-electron chi connectivity index (χ4n) is 2.65. The maximum atomic E-state index is 13.7. The Bertz CT molecular complexity index is 1070. The summed E-state index contributed by atoms with van der Waals surface area (Å²) in [5.41, 5.74) is 0.424. The first-order valence-electron chi connectivity index (χ1n) is 7.90. The van der Waals surface area contributed by atoms with Gasteiger partial charge >= 0.3 is 0 Å². The zero-order chi connectivity index (χ0) is 19.6. The SMILES string of the molecule is COc1ccc(S(=O)(=O)NC(c2cccc(F)c2)c2nccn2C)cc1Cl. The highest BCUT2D eigenvalue weighted by molar-refractivity contribution is 7.89. The van der Waals surface area contributed by atoms with Crippen LogP contribution in [-0.2, 0) is 17.1 Å². The summed E-state index contributed by atoms with van der Waals surface area (Å²) in [5.74, 6) is 0.309. The van der Waals surface area contributed by atoms with E-state index in [1.807, 2.05) is 0 Å². The van der Waals surface area contributed by atoms with Gasteiger partial charge < -0.3 is 9.30 Å². The van der Waals surface area contributed by atoms with Crippen LogP contribution in [0.4, 0.5) is 4.39 Å². The van der Waals surface area contributed by atoms with E-state index in [0.717, 1.165) is 0 Å². The van der Waals surface area contributed by atoms with Crippen molar-refractivity contribution in [3.05, 3.63) is 77.1 Å². The average molecular weight is 410 g/mol. The highest BCUT2D eigenvalue weighted by Gasteiger charge is 2.26. The van der Waals surface area contributed by atoms with E-state index in [4.69, 9.17) is 16.3 Å². The minimum atomic E-state index is -3.98. The number of nitrogens with one attached hydrogen (secondary N) is 1. The van der Waals surface area contributed by atoms with Gasteiger partial charge in [-0.15, -0.1) is 0 Å². The molecule has 27 heavy (non-hydrogen) atoms. The summed E-state index contributed by atoms with van der Waals surface area (Å²) in [4.78, 5) is 4.17. The second kappa shape index (κ2) is 7.67. The molecule has 0 radical (unpaired) electrons. The summed E-state index contributed by atoms with van der Waals surface area (Å²) < 4.78 is 48.9. The number of hydrogen-bond acceptors (Lipinski definition) is 4. The fraction of sp³-hybridized carbons (Fsp3) is 0.167. The number of hydrogen-bond donors (Lipinski definition) is 1. The van der Waals surface area contributed by atoms with Gasteiger partial charge in [0, 0.05) is 19.4 Å². The lowest BCUT2D eigenvalue weighted by molar-refractivity contribution is 0.414. The van der Waals surface area contributed by atoms with Crippen LogP contribution in [0.2, 0.25) is 5.02 Å². The van der Waals surface area contributed by atoms with Gasteiger partial charge in [-0.2, -0.15) is 4.72 Å². The van der Waals surface area contributed by atoms with Gasteiger partial charge in [-0.3, -0.25) is 0 Å². The first-order valence-corrected chi connectivity index (χ1v) is 9.76. The van der Waals surface area contributed by atoms with Crippen molar-refractivity contribution < 1.29 is 17.5 Å². The lowest BCUT2D eigenvalue weighted by atomic mass is 10.1. The van der Waals surface area contributed by atoms with Gasteiger partial charge in [0.05, 0.1) is 17.0 Å². The summed E-state index contributed by atoms with van der Waals surface area (Å²) in [5, 5.41) is 0.166. The number of methoxy groups -OCH3 is 1. The van der Waals surface area contributed by atoms with E-state index in [-0.39, 0.29) is 9.92 Å². The van der Waals surface area contributed by atoms with Crippen molar-refractivity contribution in [1.29, 1.82) is 0 Å². The number of nitrogens with zero attached hydrogens (tertiary/aromatic N) is 2. The van der Waals surface area contributed by atoms with Crippen LogP contribution in [-0.4, -0.2) is 25.1 Å². The van der Waals surface area contributed by atoms with Crippen LogP contribution in [0.1, 0.15) is 17.4 Å². The molecule has 3 aromatic rings. The molecule has 1 N–H and O–H groups in total. The minimum absolute atomic E-state index is 0.0380. The number of sulfonamides is 1. The molecule has 142 valence electrons. The Morgan fingerprint density at radius 1 is 1.26 bits per heavy atom. The Labute approximate surface area is 161 Å². The van der Waals surface area contributed by atoms with E-state index in [9.17, 15) is 12.8 Å². The Hall–Kier alpha value is -2.42. The Morgan fingerprint density at radius 2 is 2.04 bits per heavy atom. The number of aromatic nitrogens is 2. The van der Waals surface area contributed by atoms with Crippen LogP contribution in [0.25, 0.3) is 0 Å². The third-order valence-corrected chi connectivity index (χ3v) is 5.72. The van der Waals surface area contributed by atoms with Crippen molar-refractivity contribution in [1.82, 2.24) is 14.3 Å². The van der Waals surface area contributed by atoms with Gasteiger partial charge in [-0.1, -0.05) is 23.7 Å². The number of aryl methyl sites for hydroxylation is 1. The van der Waals surface area contributed by atoms with Gasteiger partial charge in [-0.25, -0.2) is 17.8 Å². The number of ether oxygens (including phenoxy) is 1. The highest BCUT2D eigenvalue weighted by atomic mass is 35.5. The largest absolute Gasteiger partial charge is 0.495 e. The second-order valence-corrected chi connectivity index (χ2v) is 7.92. The molecule has 1 aromatic heterocycles. The molecule has 0 bridgehead atoms. The smallest absolute Gasteiger partial charge is 0.241 e. The topological polar surface area (TPSA) is 73.2 Å². The predicted molar refractivity (Wildman–Crippen MR) is 99.8 cm³/mol. The number of imidazole rings is 1. The van der Waals surface area contributed by atoms with Crippen LogP contribution >= 0.6 is 11.6 Å². The van der Waals surface area contributed by atoms with Crippen LogP contribution < -0.4 is 9.46 Å². The molecule has 6 nitrogen and oxygen atoms in total. The molecule has 0 aliphatic carbocycles. The minimum Gasteiger partial charge on any atom is -0.495 e. The third kappa shape index (κ3) is 4.13. The van der Waals surface area contributed by atoms with E-state index in [2.05, 4.69) is 9.71 Å². The summed E-state index contributed by atoms with van der Waals surface area (Å²) in [6.45, 7) is 0. The van der Waals surface area contributed by atoms with Crippen molar-refractivity contribution in [3.63, 3.8) is 0 Å². The standard InChI is InChI=1S/C18H17ClFN3O3S/c1-23-9-8-21-18(23)17(12-4-3-5-13(20)10-12)22-27(24,25)14-6-7-16(26-2)15(19)11-14/h3-11,17,22H,1-2H3. The molecule has 0 saturated heterocycles. The predicted octanol–water partition coefficient (Wildman–Crippen LogP) is 3.29. The summed E-state index contributed by atoms with van der Waals surface area (Å²) in [7, 11) is -0.808. The molecule has 2 aromatic carbocycles. The first kappa shape index (κ1) is 19.3. The molecule has 9 heteroatoms. The monoisotopic (exact) mass is 409 g/mol. The Kier molecular flexibility index (Phi) is 5.50. The second-order valence-electron chi connectivity index (χ2n) is 5.80. The first-order chi connectivity index (χ1) is 12.8. The molecule has 0 amide bonds. The quantitative estimate of drug-likeness (QED) is 0.678. The van der Waals surface area contributed by atoms with Crippen molar-refractivity contribution in [2.75, 3.05) is 7.11 Å². The van der Waals surface area contributed by atoms with E-state index >= 15 is 0 Å². The molecular formula is C18H17ClFN3O3S. The summed E-state index contributed by atoms with van der Waals surface area (Å²) in [6, 6.07) is 8.96. The van der Waals surface area contributed by atoms with Crippen LogP contribution in [0.15, 0.2) is 59.8 Å². The molecule has 0 aliphatic heterocycles. The van der Waals surface area contributed by atoms with Crippen LogP contribution in [0, 0.1) is 5.82 Å². The van der Waals surface area contributed by atoms with Gasteiger partial charge in [0.1, 0.15) is 23.4 Å². The number of benzene rings is 2. The zero-order valence-electron chi connectivity index (χ0n) is 14.6. The maximum absolute atomic E-state index is 13.7. The van der Waals surface area contributed by atoms with Crippen molar-refractivity contribution in [2.45, 2.75) is 10.9 Å². The van der Waals surface area contributed by atoms with Crippen molar-refractivity contribution >= 4 is 21.6 Å². The normalized spacial score (nSPS) is 12.7. The Balaban J connectivity index is 2.03. The lowest BCUT2D eigenvalue weighted by Crippen LogP contribution is -2.31. The van der Waals surface area contributed by atoms with E-state index in [1.165, 1.54) is 43.5 Å². The van der Waals surface area contributed by atoms with Crippen LogP contribution in [0.5, 0.6) is 5.75 Å². The number of halogens is 2. The Morgan fingerprint density at radius 3 is 2.63 bits per heavy atom. The van der Waals surface area contributed by atoms with Gasteiger partial charge in [0.15, 0.2) is 0 Å². The lowest BCUT2D eigenvalue weighted by Gasteiger charge is -2.19. The van der Waals surface area contributed by atoms with Crippen LogP contribution in [0.3, 0.4) is 0 Å². The molecule has 1 unspecified atom stereocenters. The van der Waals surface area contributed by atoms with Gasteiger partial charge in [0.25, 0.3) is 0 Å².